The van der Waals surface area contributed by atoms with E-state index in [9.17, 15) is 13.2 Å². The van der Waals surface area contributed by atoms with E-state index in [2.05, 4.69) is 5.32 Å². The van der Waals surface area contributed by atoms with Crippen LogP contribution in [0.5, 0.6) is 0 Å². The van der Waals surface area contributed by atoms with Crippen LogP contribution < -0.4 is 11.1 Å². The lowest BCUT2D eigenvalue weighted by Gasteiger charge is -2.36. The Kier molecular flexibility index (Phi) is 3.72. The van der Waals surface area contributed by atoms with Crippen molar-refractivity contribution >= 4 is 15.7 Å². The van der Waals surface area contributed by atoms with Crippen molar-refractivity contribution < 1.29 is 13.2 Å². The molecule has 0 aromatic rings. The molecule has 0 spiro atoms. The fourth-order valence-corrected chi connectivity index (χ4v) is 2.13. The van der Waals surface area contributed by atoms with Crippen LogP contribution in [0, 0.1) is 0 Å². The Morgan fingerprint density at radius 2 is 2.07 bits per heavy atom. The van der Waals surface area contributed by atoms with Crippen molar-refractivity contribution in [3.05, 3.63) is 0 Å². The average molecular weight is 234 g/mol. The lowest BCUT2D eigenvalue weighted by Crippen LogP contribution is -2.58. The molecule has 6 heteroatoms. The molecule has 1 rings (SSSR count). The first-order valence-electron chi connectivity index (χ1n) is 5.17. The summed E-state index contributed by atoms with van der Waals surface area (Å²) in [4.78, 5) is 11.5. The van der Waals surface area contributed by atoms with E-state index in [0.29, 0.717) is 12.8 Å². The number of sulfone groups is 1. The van der Waals surface area contributed by atoms with Gasteiger partial charge in [-0.05, 0) is 19.3 Å². The van der Waals surface area contributed by atoms with Crippen molar-refractivity contribution in [3.8, 4) is 0 Å². The zero-order chi connectivity index (χ0) is 11.5. The van der Waals surface area contributed by atoms with Gasteiger partial charge in [-0.3, -0.25) is 4.79 Å². The maximum absolute atomic E-state index is 11.5. The van der Waals surface area contributed by atoms with E-state index in [1.165, 1.54) is 0 Å². The van der Waals surface area contributed by atoms with Crippen molar-refractivity contribution in [1.29, 1.82) is 0 Å². The summed E-state index contributed by atoms with van der Waals surface area (Å²) in [5, 5.41) is 2.57. The molecule has 1 fully saturated rings. The highest BCUT2D eigenvalue weighted by Crippen LogP contribution is 2.28. The first-order chi connectivity index (χ1) is 6.90. The van der Waals surface area contributed by atoms with Crippen LogP contribution in [-0.2, 0) is 14.6 Å². The molecule has 88 valence electrons. The summed E-state index contributed by atoms with van der Waals surface area (Å²) >= 11 is 0. The number of carbonyl (C=O) groups is 1. The van der Waals surface area contributed by atoms with Crippen molar-refractivity contribution in [1.82, 2.24) is 5.32 Å². The molecule has 15 heavy (non-hydrogen) atoms. The van der Waals surface area contributed by atoms with Gasteiger partial charge in [0.25, 0.3) is 0 Å². The summed E-state index contributed by atoms with van der Waals surface area (Å²) in [7, 11) is -3.00. The van der Waals surface area contributed by atoms with Gasteiger partial charge in [0.15, 0.2) is 9.84 Å². The standard InChI is InChI=1S/C9H18N2O3S/c1-2-15(13,14)7-6-11-8(12)9(10)4-3-5-9/h2-7,10H2,1H3,(H,11,12). The first-order valence-corrected chi connectivity index (χ1v) is 6.99. The van der Waals surface area contributed by atoms with E-state index in [1.54, 1.807) is 6.92 Å². The molecule has 0 atom stereocenters. The van der Waals surface area contributed by atoms with Gasteiger partial charge in [-0.1, -0.05) is 6.92 Å². The van der Waals surface area contributed by atoms with Crippen LogP contribution in [-0.4, -0.2) is 37.9 Å². The van der Waals surface area contributed by atoms with Crippen molar-refractivity contribution in [2.24, 2.45) is 5.73 Å². The van der Waals surface area contributed by atoms with E-state index in [-0.39, 0.29) is 24.0 Å². The normalized spacial score (nSPS) is 19.3. The Balaban J connectivity index is 2.29. The predicted molar refractivity (Wildman–Crippen MR) is 58.1 cm³/mol. The number of nitrogens with two attached hydrogens (primary N) is 1. The van der Waals surface area contributed by atoms with Crippen molar-refractivity contribution in [2.75, 3.05) is 18.1 Å². The summed E-state index contributed by atoms with van der Waals surface area (Å²) in [5.74, 6) is -0.123. The van der Waals surface area contributed by atoms with Gasteiger partial charge < -0.3 is 11.1 Å². The zero-order valence-corrected chi connectivity index (χ0v) is 9.77. The predicted octanol–water partition coefficient (Wildman–Crippen LogP) is -0.581. The molecule has 0 saturated heterocycles. The molecule has 0 aromatic carbocycles. The second-order valence-electron chi connectivity index (χ2n) is 4.00. The third-order valence-corrected chi connectivity index (χ3v) is 4.54. The highest BCUT2D eigenvalue weighted by Gasteiger charge is 2.39. The van der Waals surface area contributed by atoms with Gasteiger partial charge in [-0.15, -0.1) is 0 Å². The lowest BCUT2D eigenvalue weighted by molar-refractivity contribution is -0.129. The summed E-state index contributed by atoms with van der Waals surface area (Å²) < 4.78 is 22.3. The van der Waals surface area contributed by atoms with Crippen molar-refractivity contribution in [3.63, 3.8) is 0 Å². The number of rotatable bonds is 5. The fraction of sp³-hybridized carbons (Fsp3) is 0.889. The van der Waals surface area contributed by atoms with E-state index < -0.39 is 15.4 Å². The van der Waals surface area contributed by atoms with Crippen LogP contribution >= 0.6 is 0 Å². The minimum absolute atomic E-state index is 0.00861. The van der Waals surface area contributed by atoms with Gasteiger partial charge in [0, 0.05) is 12.3 Å². The quantitative estimate of drug-likeness (QED) is 0.666. The Bertz CT molecular complexity index is 333. The van der Waals surface area contributed by atoms with Crippen LogP contribution in [0.15, 0.2) is 0 Å². The smallest absolute Gasteiger partial charge is 0.240 e. The minimum Gasteiger partial charge on any atom is -0.353 e. The second-order valence-corrected chi connectivity index (χ2v) is 6.47. The Labute approximate surface area is 90.3 Å². The van der Waals surface area contributed by atoms with Crippen LogP contribution in [0.1, 0.15) is 26.2 Å². The number of hydrogen-bond donors (Lipinski definition) is 2. The van der Waals surface area contributed by atoms with Crippen LogP contribution in [0.4, 0.5) is 0 Å². The largest absolute Gasteiger partial charge is 0.353 e. The second kappa shape index (κ2) is 4.49. The molecule has 0 aromatic heterocycles. The summed E-state index contributed by atoms with van der Waals surface area (Å²) in [6, 6.07) is 0. The molecule has 1 saturated carbocycles. The van der Waals surface area contributed by atoms with Gasteiger partial charge in [0.1, 0.15) is 0 Å². The van der Waals surface area contributed by atoms with E-state index in [4.69, 9.17) is 5.73 Å². The van der Waals surface area contributed by atoms with E-state index in [0.717, 1.165) is 6.42 Å². The molecule has 1 aliphatic carbocycles. The molecule has 1 aliphatic rings. The topological polar surface area (TPSA) is 89.3 Å². The third kappa shape index (κ3) is 3.17. The minimum atomic E-state index is -3.00. The molecule has 0 heterocycles. The summed E-state index contributed by atoms with van der Waals surface area (Å²) in [6.07, 6.45) is 2.36. The Hall–Kier alpha value is -0.620. The summed E-state index contributed by atoms with van der Waals surface area (Å²) in [6.45, 7) is 1.75. The molecule has 1 amide bonds. The average Bonchev–Trinajstić information content (AvgIpc) is 2.13. The monoisotopic (exact) mass is 234 g/mol. The SMILES string of the molecule is CCS(=O)(=O)CCNC(=O)C1(N)CCC1. The zero-order valence-electron chi connectivity index (χ0n) is 8.95. The van der Waals surface area contributed by atoms with E-state index in [1.807, 2.05) is 0 Å². The van der Waals surface area contributed by atoms with Gasteiger partial charge >= 0.3 is 0 Å². The number of nitrogens with one attached hydrogen (secondary N) is 1. The van der Waals surface area contributed by atoms with Gasteiger partial charge in [0.2, 0.25) is 5.91 Å². The number of carbonyl (C=O) groups excluding carboxylic acids is 1. The Morgan fingerprint density at radius 3 is 2.47 bits per heavy atom. The number of amides is 1. The molecule has 0 radical (unpaired) electrons. The van der Waals surface area contributed by atoms with Gasteiger partial charge in [0.05, 0.1) is 11.3 Å². The maximum atomic E-state index is 11.5. The number of hydrogen-bond acceptors (Lipinski definition) is 4. The Morgan fingerprint density at radius 1 is 1.47 bits per heavy atom. The summed E-state index contributed by atoms with van der Waals surface area (Å²) in [5.41, 5.74) is 5.03. The maximum Gasteiger partial charge on any atom is 0.240 e. The highest BCUT2D eigenvalue weighted by molar-refractivity contribution is 7.91. The molecule has 3 N–H and O–H groups in total. The fourth-order valence-electron chi connectivity index (χ4n) is 1.43. The van der Waals surface area contributed by atoms with Crippen LogP contribution in [0.25, 0.3) is 0 Å². The molecule has 5 nitrogen and oxygen atoms in total. The van der Waals surface area contributed by atoms with Gasteiger partial charge in [-0.2, -0.15) is 0 Å². The first kappa shape index (κ1) is 12.4. The van der Waals surface area contributed by atoms with Gasteiger partial charge in [-0.25, -0.2) is 8.42 Å². The molecular formula is C9H18N2O3S. The molecule has 0 unspecified atom stereocenters. The van der Waals surface area contributed by atoms with E-state index >= 15 is 0 Å². The van der Waals surface area contributed by atoms with Crippen LogP contribution in [0.2, 0.25) is 0 Å². The van der Waals surface area contributed by atoms with Crippen LogP contribution in [0.3, 0.4) is 0 Å². The van der Waals surface area contributed by atoms with Crippen molar-refractivity contribution in [2.45, 2.75) is 31.7 Å². The highest BCUT2D eigenvalue weighted by atomic mass is 32.2. The molecular weight excluding hydrogens is 216 g/mol. The lowest BCUT2D eigenvalue weighted by atomic mass is 9.77. The third-order valence-electron chi connectivity index (χ3n) is 2.84. The molecule has 0 bridgehead atoms. The molecule has 0 aliphatic heterocycles.